The van der Waals surface area contributed by atoms with Crippen LogP contribution in [0.1, 0.15) is 290 Å². The summed E-state index contributed by atoms with van der Waals surface area (Å²) < 4.78 is 5.46. The molecule has 0 aliphatic carbocycles. The molecule has 0 aromatic rings. The van der Waals surface area contributed by atoms with Crippen molar-refractivity contribution in [2.75, 3.05) is 13.2 Å². The fourth-order valence-corrected chi connectivity index (χ4v) is 8.28. The van der Waals surface area contributed by atoms with Crippen molar-refractivity contribution in [1.29, 1.82) is 0 Å². The molecular weight excluding hydrogens is 755 g/mol. The molecule has 0 saturated carbocycles. The van der Waals surface area contributed by atoms with Gasteiger partial charge in [-0.25, -0.2) is 0 Å². The van der Waals surface area contributed by atoms with E-state index < -0.39 is 12.1 Å². The monoisotopic (exact) mass is 860 g/mol. The number of hydrogen-bond donors (Lipinski definition) is 3. The van der Waals surface area contributed by atoms with Crippen LogP contribution in [0.4, 0.5) is 0 Å². The summed E-state index contributed by atoms with van der Waals surface area (Å²) in [6.07, 6.45) is 60.1. The average molecular weight is 860 g/mol. The number of rotatable bonds is 50. The Labute approximate surface area is 380 Å². The topological polar surface area (TPSA) is 95.9 Å². The first-order chi connectivity index (χ1) is 30.0. The second-order valence-corrected chi connectivity index (χ2v) is 18.6. The van der Waals surface area contributed by atoms with Crippen molar-refractivity contribution in [3.63, 3.8) is 0 Å². The first kappa shape index (κ1) is 59.3. The predicted molar refractivity (Wildman–Crippen MR) is 264 cm³/mol. The first-order valence-corrected chi connectivity index (χ1v) is 27.1. The molecule has 0 rings (SSSR count). The molecule has 0 aromatic heterocycles. The molecule has 0 aliphatic rings. The number of hydrogen-bond acceptors (Lipinski definition) is 5. The van der Waals surface area contributed by atoms with Gasteiger partial charge in [0.25, 0.3) is 0 Å². The molecule has 3 N–H and O–H groups in total. The Bertz CT molecular complexity index is 951. The number of unbranched alkanes of at least 4 members (excludes halogenated alkanes) is 35. The summed E-state index contributed by atoms with van der Waals surface area (Å²) in [7, 11) is 0. The maximum absolute atomic E-state index is 12.4. The van der Waals surface area contributed by atoms with Gasteiger partial charge < -0.3 is 20.3 Å². The largest absolute Gasteiger partial charge is 0.466 e. The molecule has 0 saturated heterocycles. The highest BCUT2D eigenvalue weighted by atomic mass is 16.5. The fraction of sp³-hybridized carbons (Fsp3) is 0.891. The van der Waals surface area contributed by atoms with Crippen molar-refractivity contribution >= 4 is 11.9 Å². The van der Waals surface area contributed by atoms with Crippen LogP contribution in [-0.4, -0.2) is 47.4 Å². The van der Waals surface area contributed by atoms with Crippen molar-refractivity contribution in [2.45, 2.75) is 302 Å². The molecule has 0 aromatic carbocycles. The Hall–Kier alpha value is -1.66. The van der Waals surface area contributed by atoms with E-state index in [1.54, 1.807) is 0 Å². The van der Waals surface area contributed by atoms with Gasteiger partial charge >= 0.3 is 5.97 Å². The third-order valence-corrected chi connectivity index (χ3v) is 12.5. The van der Waals surface area contributed by atoms with Crippen molar-refractivity contribution in [3.05, 3.63) is 24.3 Å². The van der Waals surface area contributed by atoms with Crippen molar-refractivity contribution in [3.8, 4) is 0 Å². The second-order valence-electron chi connectivity index (χ2n) is 18.6. The highest BCUT2D eigenvalue weighted by molar-refractivity contribution is 5.76. The van der Waals surface area contributed by atoms with E-state index in [1.807, 2.05) is 0 Å². The van der Waals surface area contributed by atoms with Gasteiger partial charge in [0.2, 0.25) is 5.91 Å². The lowest BCUT2D eigenvalue weighted by atomic mass is 10.0. The summed E-state index contributed by atoms with van der Waals surface area (Å²) >= 11 is 0. The van der Waals surface area contributed by atoms with Crippen molar-refractivity contribution in [2.24, 2.45) is 0 Å². The highest BCUT2D eigenvalue weighted by Gasteiger charge is 2.20. The Morgan fingerprint density at radius 3 is 1.18 bits per heavy atom. The van der Waals surface area contributed by atoms with Gasteiger partial charge in [-0.1, -0.05) is 224 Å². The van der Waals surface area contributed by atoms with Gasteiger partial charge in [-0.05, 0) is 77.0 Å². The van der Waals surface area contributed by atoms with Crippen molar-refractivity contribution < 1.29 is 24.5 Å². The van der Waals surface area contributed by atoms with Crippen LogP contribution in [0.15, 0.2) is 24.3 Å². The van der Waals surface area contributed by atoms with Crippen LogP contribution in [0.25, 0.3) is 0 Å². The fourth-order valence-electron chi connectivity index (χ4n) is 8.28. The molecular formula is C55H105NO5. The molecule has 0 heterocycles. The molecule has 360 valence electrons. The van der Waals surface area contributed by atoms with E-state index in [9.17, 15) is 19.8 Å². The van der Waals surface area contributed by atoms with Gasteiger partial charge in [-0.2, -0.15) is 0 Å². The second kappa shape index (κ2) is 51.0. The Kier molecular flexibility index (Phi) is 49.6. The van der Waals surface area contributed by atoms with Crippen LogP contribution in [0, 0.1) is 0 Å². The first-order valence-electron chi connectivity index (χ1n) is 27.1. The van der Waals surface area contributed by atoms with Crippen LogP contribution < -0.4 is 5.32 Å². The van der Waals surface area contributed by atoms with Gasteiger partial charge in [0.15, 0.2) is 0 Å². The summed E-state index contributed by atoms with van der Waals surface area (Å²) in [6, 6.07) is -0.547. The van der Waals surface area contributed by atoms with Gasteiger partial charge in [-0.3, -0.25) is 9.59 Å². The van der Waals surface area contributed by atoms with E-state index in [2.05, 4.69) is 43.5 Å². The molecule has 2 unspecified atom stereocenters. The van der Waals surface area contributed by atoms with Crippen LogP contribution in [0.2, 0.25) is 0 Å². The standard InChI is InChI=1S/C55H105NO5/c1-3-5-7-9-11-13-15-24-29-33-37-41-45-49-55(60)61-50-46-42-38-34-30-26-23-21-19-17-18-20-22-25-28-32-36-40-44-48-54(59)56-52(51-57)53(58)47-43-39-35-31-27-16-14-12-10-8-6-4-2/h13,15,17-18,52-53,57-58H,3-12,14,16,19-51H2,1-2H3,(H,56,59)/b15-13-,18-17-. The van der Waals surface area contributed by atoms with Crippen LogP contribution in [0.3, 0.4) is 0 Å². The zero-order valence-corrected chi connectivity index (χ0v) is 40.9. The third-order valence-electron chi connectivity index (χ3n) is 12.5. The van der Waals surface area contributed by atoms with Gasteiger partial charge in [0.1, 0.15) is 0 Å². The zero-order valence-electron chi connectivity index (χ0n) is 40.9. The molecule has 0 spiro atoms. The maximum Gasteiger partial charge on any atom is 0.305 e. The van der Waals surface area contributed by atoms with Crippen LogP contribution in [0.5, 0.6) is 0 Å². The van der Waals surface area contributed by atoms with E-state index in [0.29, 0.717) is 25.9 Å². The summed E-state index contributed by atoms with van der Waals surface area (Å²) in [4.78, 5) is 24.4. The van der Waals surface area contributed by atoms with E-state index in [0.717, 1.165) is 44.9 Å². The number of allylic oxidation sites excluding steroid dienone is 4. The number of esters is 1. The molecule has 0 fully saturated rings. The minimum absolute atomic E-state index is 0.00551. The molecule has 6 nitrogen and oxygen atoms in total. The Balaban J connectivity index is 3.44. The molecule has 0 aliphatic heterocycles. The average Bonchev–Trinajstić information content (AvgIpc) is 3.26. The summed E-state index contributed by atoms with van der Waals surface area (Å²) in [5.74, 6) is -0.0508. The quantitative estimate of drug-likeness (QED) is 0.0322. The van der Waals surface area contributed by atoms with E-state index >= 15 is 0 Å². The van der Waals surface area contributed by atoms with Gasteiger partial charge in [-0.15, -0.1) is 0 Å². The Morgan fingerprint density at radius 2 is 0.770 bits per heavy atom. The smallest absolute Gasteiger partial charge is 0.305 e. The summed E-state index contributed by atoms with van der Waals surface area (Å²) in [5, 5.41) is 23.2. The number of amides is 1. The SMILES string of the molecule is CCCCCC/C=C\CCCCCCCC(=O)OCCCCCCCCCC/C=C\CCCCCCCCCC(=O)NC(CO)C(O)CCCCCCCCCCCCCC. The minimum atomic E-state index is -0.669. The molecule has 0 bridgehead atoms. The number of carbonyl (C=O) groups excluding carboxylic acids is 2. The highest BCUT2D eigenvalue weighted by Crippen LogP contribution is 2.16. The summed E-state index contributed by atoms with van der Waals surface area (Å²) in [6.45, 7) is 4.92. The lowest BCUT2D eigenvalue weighted by molar-refractivity contribution is -0.143. The number of aliphatic hydroxyl groups is 2. The third kappa shape index (κ3) is 47.7. The van der Waals surface area contributed by atoms with Gasteiger partial charge in [0, 0.05) is 12.8 Å². The molecule has 0 radical (unpaired) electrons. The number of nitrogens with one attached hydrogen (secondary N) is 1. The van der Waals surface area contributed by atoms with Gasteiger partial charge in [0.05, 0.1) is 25.4 Å². The number of ether oxygens (including phenoxy) is 1. The summed E-state index contributed by atoms with van der Waals surface area (Å²) in [5.41, 5.74) is 0. The maximum atomic E-state index is 12.4. The van der Waals surface area contributed by atoms with E-state index in [4.69, 9.17) is 4.74 Å². The molecule has 61 heavy (non-hydrogen) atoms. The molecule has 1 amide bonds. The zero-order chi connectivity index (χ0) is 44.4. The van der Waals surface area contributed by atoms with Crippen LogP contribution in [-0.2, 0) is 14.3 Å². The molecule has 6 heteroatoms. The van der Waals surface area contributed by atoms with E-state index in [-0.39, 0.29) is 18.5 Å². The number of aliphatic hydroxyl groups excluding tert-OH is 2. The predicted octanol–water partition coefficient (Wildman–Crippen LogP) is 16.3. The minimum Gasteiger partial charge on any atom is -0.466 e. The van der Waals surface area contributed by atoms with Crippen LogP contribution >= 0.6 is 0 Å². The van der Waals surface area contributed by atoms with Crippen molar-refractivity contribution in [1.82, 2.24) is 5.32 Å². The number of carbonyl (C=O) groups is 2. The lowest BCUT2D eigenvalue weighted by Crippen LogP contribution is -2.45. The van der Waals surface area contributed by atoms with E-state index in [1.165, 1.54) is 212 Å². The molecule has 2 atom stereocenters. The lowest BCUT2D eigenvalue weighted by Gasteiger charge is -2.22. The Morgan fingerprint density at radius 1 is 0.443 bits per heavy atom. The normalized spacial score (nSPS) is 12.8.